The Morgan fingerprint density at radius 3 is 2.84 bits per heavy atom. The molecule has 94 valence electrons. The van der Waals surface area contributed by atoms with Gasteiger partial charge in [0.15, 0.2) is 0 Å². The van der Waals surface area contributed by atoms with Crippen LogP contribution in [-0.4, -0.2) is 14.5 Å². The van der Waals surface area contributed by atoms with Gasteiger partial charge in [0.25, 0.3) is 5.56 Å². The smallest absolute Gasteiger partial charge is 0.266 e. The molecule has 3 aromatic rings. The van der Waals surface area contributed by atoms with E-state index < -0.39 is 0 Å². The van der Waals surface area contributed by atoms with Crippen LogP contribution in [0, 0.1) is 6.92 Å². The van der Waals surface area contributed by atoms with Crippen LogP contribution in [0.2, 0.25) is 0 Å². The maximum Gasteiger partial charge on any atom is 0.266 e. The highest BCUT2D eigenvalue weighted by molar-refractivity contribution is 9.10. The summed E-state index contributed by atoms with van der Waals surface area (Å²) in [5, 5.41) is 0.626. The van der Waals surface area contributed by atoms with Crippen LogP contribution >= 0.6 is 15.9 Å². The predicted molar refractivity (Wildman–Crippen MR) is 77.6 cm³/mol. The van der Waals surface area contributed by atoms with Gasteiger partial charge in [-0.05, 0) is 36.8 Å². The zero-order valence-electron chi connectivity index (χ0n) is 10.2. The molecule has 0 amide bonds. The molecule has 0 saturated carbocycles. The first-order chi connectivity index (χ1) is 9.18. The van der Waals surface area contributed by atoms with Crippen molar-refractivity contribution in [3.05, 3.63) is 63.4 Å². The van der Waals surface area contributed by atoms with E-state index in [9.17, 15) is 4.79 Å². The van der Waals surface area contributed by atoms with Gasteiger partial charge in [0.1, 0.15) is 6.33 Å². The molecule has 0 aliphatic carbocycles. The fraction of sp³-hybridized carbons (Fsp3) is 0.0714. The van der Waals surface area contributed by atoms with Crippen molar-refractivity contribution in [3.63, 3.8) is 0 Å². The lowest BCUT2D eigenvalue weighted by Crippen LogP contribution is -2.19. The van der Waals surface area contributed by atoms with E-state index >= 15 is 0 Å². The first-order valence-electron chi connectivity index (χ1n) is 5.75. The molecule has 0 spiro atoms. The van der Waals surface area contributed by atoms with Crippen molar-refractivity contribution in [2.24, 2.45) is 0 Å². The Morgan fingerprint density at radius 1 is 1.26 bits per heavy atom. The molecule has 19 heavy (non-hydrogen) atoms. The van der Waals surface area contributed by atoms with Gasteiger partial charge in [0, 0.05) is 10.7 Å². The quantitative estimate of drug-likeness (QED) is 0.693. The van der Waals surface area contributed by atoms with Crippen molar-refractivity contribution >= 4 is 26.8 Å². The molecule has 0 N–H and O–H groups in total. The summed E-state index contributed by atoms with van der Waals surface area (Å²) >= 11 is 3.44. The molecule has 3 rings (SSSR count). The number of halogens is 1. The van der Waals surface area contributed by atoms with Crippen LogP contribution in [0.5, 0.6) is 0 Å². The Hall–Kier alpha value is -2.01. The van der Waals surface area contributed by atoms with Crippen molar-refractivity contribution in [1.82, 2.24) is 14.5 Å². The Bertz CT molecular complexity index is 812. The molecule has 0 radical (unpaired) electrons. The summed E-state index contributed by atoms with van der Waals surface area (Å²) in [7, 11) is 0. The first-order valence-corrected chi connectivity index (χ1v) is 6.54. The molecule has 5 heteroatoms. The number of benzene rings is 1. The van der Waals surface area contributed by atoms with Gasteiger partial charge in [-0.3, -0.25) is 14.3 Å². The topological polar surface area (TPSA) is 47.8 Å². The second-order valence-corrected chi connectivity index (χ2v) is 5.05. The summed E-state index contributed by atoms with van der Waals surface area (Å²) in [4.78, 5) is 20.9. The van der Waals surface area contributed by atoms with Gasteiger partial charge in [0.05, 0.1) is 22.8 Å². The number of nitrogens with zero attached hydrogens (tertiary/aromatic N) is 3. The second kappa shape index (κ2) is 4.59. The number of aryl methyl sites for hydroxylation is 1. The zero-order valence-corrected chi connectivity index (χ0v) is 11.8. The fourth-order valence-corrected chi connectivity index (χ4v) is 2.35. The molecule has 4 nitrogen and oxygen atoms in total. The molecular weight excluding hydrogens is 306 g/mol. The third-order valence-electron chi connectivity index (χ3n) is 3.05. The van der Waals surface area contributed by atoms with Crippen LogP contribution in [0.15, 0.2) is 52.3 Å². The van der Waals surface area contributed by atoms with E-state index in [1.54, 1.807) is 18.5 Å². The van der Waals surface area contributed by atoms with E-state index in [1.165, 1.54) is 10.9 Å². The molecule has 1 aromatic carbocycles. The average molecular weight is 316 g/mol. The molecule has 0 saturated heterocycles. The van der Waals surface area contributed by atoms with Crippen molar-refractivity contribution in [2.75, 3.05) is 0 Å². The summed E-state index contributed by atoms with van der Waals surface area (Å²) < 4.78 is 2.41. The van der Waals surface area contributed by atoms with Crippen LogP contribution in [0.3, 0.4) is 0 Å². The molecule has 0 unspecified atom stereocenters. The summed E-state index contributed by atoms with van der Waals surface area (Å²) in [5.74, 6) is 0. The van der Waals surface area contributed by atoms with Gasteiger partial charge in [-0.1, -0.05) is 15.9 Å². The standard InChI is InChI=1S/C14H10BrN3O/c1-9-11(15)4-5-12-13(9)14(19)18(8-17-12)10-3-2-6-16-7-10/h2-8H,1H3. The Morgan fingerprint density at radius 2 is 2.11 bits per heavy atom. The monoisotopic (exact) mass is 315 g/mol. The molecule has 0 atom stereocenters. The summed E-state index contributed by atoms with van der Waals surface area (Å²) in [6, 6.07) is 7.36. The normalized spacial score (nSPS) is 10.8. The van der Waals surface area contributed by atoms with E-state index in [0.29, 0.717) is 16.6 Å². The number of hydrogen-bond donors (Lipinski definition) is 0. The third-order valence-corrected chi connectivity index (χ3v) is 3.91. The SMILES string of the molecule is Cc1c(Br)ccc2ncn(-c3cccnc3)c(=O)c12. The van der Waals surface area contributed by atoms with Crippen molar-refractivity contribution < 1.29 is 0 Å². The van der Waals surface area contributed by atoms with Gasteiger partial charge in [-0.25, -0.2) is 4.98 Å². The largest absolute Gasteiger partial charge is 0.268 e. The third kappa shape index (κ3) is 1.96. The first kappa shape index (κ1) is 12.0. The lowest BCUT2D eigenvalue weighted by atomic mass is 10.1. The maximum atomic E-state index is 12.6. The van der Waals surface area contributed by atoms with Gasteiger partial charge in [-0.2, -0.15) is 0 Å². The van der Waals surface area contributed by atoms with Crippen molar-refractivity contribution in [2.45, 2.75) is 6.92 Å². The molecule has 2 heterocycles. The van der Waals surface area contributed by atoms with Crippen LogP contribution in [-0.2, 0) is 0 Å². The molecule has 0 aliphatic rings. The number of fused-ring (bicyclic) bond motifs is 1. The van der Waals surface area contributed by atoms with Gasteiger partial charge >= 0.3 is 0 Å². The number of pyridine rings is 1. The van der Waals surface area contributed by atoms with Crippen molar-refractivity contribution in [3.8, 4) is 5.69 Å². The predicted octanol–water partition coefficient (Wildman–Crippen LogP) is 2.85. The van der Waals surface area contributed by atoms with E-state index in [4.69, 9.17) is 0 Å². The molecular formula is C14H10BrN3O. The van der Waals surface area contributed by atoms with Gasteiger partial charge < -0.3 is 0 Å². The highest BCUT2D eigenvalue weighted by Crippen LogP contribution is 2.22. The van der Waals surface area contributed by atoms with Gasteiger partial charge in [0.2, 0.25) is 0 Å². The number of aromatic nitrogens is 3. The highest BCUT2D eigenvalue weighted by Gasteiger charge is 2.10. The van der Waals surface area contributed by atoms with Crippen molar-refractivity contribution in [1.29, 1.82) is 0 Å². The second-order valence-electron chi connectivity index (χ2n) is 4.20. The van der Waals surface area contributed by atoms with Crippen LogP contribution in [0.1, 0.15) is 5.56 Å². The zero-order chi connectivity index (χ0) is 13.4. The fourth-order valence-electron chi connectivity index (χ4n) is 2.02. The highest BCUT2D eigenvalue weighted by atomic mass is 79.9. The molecule has 0 aliphatic heterocycles. The minimum atomic E-state index is -0.0863. The Balaban J connectivity index is 2.39. The Kier molecular flexibility index (Phi) is 2.91. The minimum absolute atomic E-state index is 0.0863. The molecule has 2 aromatic heterocycles. The summed E-state index contributed by atoms with van der Waals surface area (Å²) in [6.45, 7) is 1.91. The molecule has 0 bridgehead atoms. The van der Waals surface area contributed by atoms with Crippen LogP contribution < -0.4 is 5.56 Å². The maximum absolute atomic E-state index is 12.6. The number of rotatable bonds is 1. The van der Waals surface area contributed by atoms with E-state index in [2.05, 4.69) is 25.9 Å². The summed E-state index contributed by atoms with van der Waals surface area (Å²) in [6.07, 6.45) is 4.85. The molecule has 0 fully saturated rings. The van der Waals surface area contributed by atoms with E-state index in [-0.39, 0.29) is 5.56 Å². The van der Waals surface area contributed by atoms with Crippen LogP contribution in [0.4, 0.5) is 0 Å². The van der Waals surface area contributed by atoms with Crippen LogP contribution in [0.25, 0.3) is 16.6 Å². The average Bonchev–Trinajstić information content (AvgIpc) is 2.44. The van der Waals surface area contributed by atoms with Gasteiger partial charge in [-0.15, -0.1) is 0 Å². The lowest BCUT2D eigenvalue weighted by Gasteiger charge is -2.08. The Labute approximate surface area is 117 Å². The number of hydrogen-bond acceptors (Lipinski definition) is 3. The van der Waals surface area contributed by atoms with E-state index in [0.717, 1.165) is 10.0 Å². The minimum Gasteiger partial charge on any atom is -0.268 e. The summed E-state index contributed by atoms with van der Waals surface area (Å²) in [5.41, 5.74) is 2.22. The van der Waals surface area contributed by atoms with E-state index in [1.807, 2.05) is 25.1 Å². The lowest BCUT2D eigenvalue weighted by molar-refractivity contribution is 0.951.